The Kier molecular flexibility index (Phi) is 5.14. The Morgan fingerprint density at radius 3 is 2.56 bits per heavy atom. The number of hydrogen-bond donors (Lipinski definition) is 1. The molecule has 0 unspecified atom stereocenters. The summed E-state index contributed by atoms with van der Waals surface area (Å²) in [6.45, 7) is 3.02. The molecule has 18 heavy (non-hydrogen) atoms. The van der Waals surface area contributed by atoms with Crippen LogP contribution < -0.4 is 5.73 Å². The molecule has 0 radical (unpaired) electrons. The molecule has 100 valence electrons. The second-order valence-corrected chi connectivity index (χ2v) is 5.64. The van der Waals surface area contributed by atoms with Crippen LogP contribution in [-0.2, 0) is 6.54 Å². The van der Waals surface area contributed by atoms with Crippen molar-refractivity contribution in [2.45, 2.75) is 32.2 Å². The fourth-order valence-corrected chi connectivity index (χ4v) is 2.92. The number of nitrogens with two attached hydrogens (primary N) is 1. The highest BCUT2D eigenvalue weighted by Gasteiger charge is 2.21. The van der Waals surface area contributed by atoms with Crippen molar-refractivity contribution in [1.82, 2.24) is 9.88 Å². The largest absolute Gasteiger partial charge is 0.330 e. The van der Waals surface area contributed by atoms with Crippen molar-refractivity contribution in [3.05, 3.63) is 30.1 Å². The van der Waals surface area contributed by atoms with Crippen molar-refractivity contribution >= 4 is 0 Å². The van der Waals surface area contributed by atoms with Crippen LogP contribution in [-0.4, -0.2) is 30.0 Å². The van der Waals surface area contributed by atoms with Gasteiger partial charge in [0, 0.05) is 19.3 Å². The summed E-state index contributed by atoms with van der Waals surface area (Å²) in [5, 5.41) is 0. The molecule has 1 saturated carbocycles. The zero-order chi connectivity index (χ0) is 12.8. The average Bonchev–Trinajstić information content (AvgIpc) is 2.40. The van der Waals surface area contributed by atoms with Gasteiger partial charge in [-0.05, 0) is 63.2 Å². The normalized spacial score (nSPS) is 24.4. The summed E-state index contributed by atoms with van der Waals surface area (Å²) < 4.78 is 0. The molecule has 1 aliphatic carbocycles. The molecule has 3 heteroatoms. The van der Waals surface area contributed by atoms with Gasteiger partial charge in [-0.15, -0.1) is 0 Å². The lowest BCUT2D eigenvalue weighted by molar-refractivity contribution is 0.200. The lowest BCUT2D eigenvalue weighted by atomic mass is 9.82. The standard InChI is InChI=1S/C15H25N3/c1-18(12-15-4-2-3-9-17-15)11-14-7-5-13(10-16)6-8-14/h2-4,9,13-14H,5-8,10-12,16H2,1H3. The molecule has 1 aliphatic rings. The van der Waals surface area contributed by atoms with Crippen LogP contribution in [0.1, 0.15) is 31.4 Å². The van der Waals surface area contributed by atoms with Crippen LogP contribution in [0.25, 0.3) is 0 Å². The fourth-order valence-electron chi connectivity index (χ4n) is 2.92. The predicted molar refractivity (Wildman–Crippen MR) is 75.1 cm³/mol. The van der Waals surface area contributed by atoms with Gasteiger partial charge in [0.2, 0.25) is 0 Å². The summed E-state index contributed by atoms with van der Waals surface area (Å²) in [5.41, 5.74) is 6.90. The quantitative estimate of drug-likeness (QED) is 0.868. The molecule has 3 nitrogen and oxygen atoms in total. The van der Waals surface area contributed by atoms with E-state index in [9.17, 15) is 0 Å². The van der Waals surface area contributed by atoms with E-state index in [4.69, 9.17) is 5.73 Å². The van der Waals surface area contributed by atoms with Gasteiger partial charge in [0.1, 0.15) is 0 Å². The molecule has 0 spiro atoms. The average molecular weight is 247 g/mol. The topological polar surface area (TPSA) is 42.2 Å². The van der Waals surface area contributed by atoms with E-state index in [2.05, 4.69) is 29.1 Å². The van der Waals surface area contributed by atoms with Crippen molar-refractivity contribution in [1.29, 1.82) is 0 Å². The van der Waals surface area contributed by atoms with Crippen molar-refractivity contribution in [3.8, 4) is 0 Å². The van der Waals surface area contributed by atoms with Gasteiger partial charge < -0.3 is 10.6 Å². The molecular weight excluding hydrogens is 222 g/mol. The maximum atomic E-state index is 5.73. The first-order valence-corrected chi connectivity index (χ1v) is 7.06. The Balaban J connectivity index is 1.73. The maximum absolute atomic E-state index is 5.73. The summed E-state index contributed by atoms with van der Waals surface area (Å²) in [6, 6.07) is 6.13. The number of aromatic nitrogens is 1. The van der Waals surface area contributed by atoms with E-state index in [-0.39, 0.29) is 0 Å². The molecule has 1 aromatic heterocycles. The van der Waals surface area contributed by atoms with Gasteiger partial charge in [0.05, 0.1) is 5.69 Å². The zero-order valence-corrected chi connectivity index (χ0v) is 11.4. The van der Waals surface area contributed by atoms with Gasteiger partial charge in [-0.25, -0.2) is 0 Å². The molecule has 0 bridgehead atoms. The Labute approximate surface area is 110 Å². The van der Waals surface area contributed by atoms with E-state index in [1.807, 2.05) is 12.3 Å². The third-order valence-corrected chi connectivity index (χ3v) is 4.03. The minimum atomic E-state index is 0.780. The molecule has 0 atom stereocenters. The molecular formula is C15H25N3. The first kappa shape index (κ1) is 13.5. The van der Waals surface area contributed by atoms with Gasteiger partial charge >= 0.3 is 0 Å². The van der Waals surface area contributed by atoms with E-state index in [0.29, 0.717) is 0 Å². The summed E-state index contributed by atoms with van der Waals surface area (Å²) in [4.78, 5) is 6.78. The van der Waals surface area contributed by atoms with E-state index >= 15 is 0 Å². The van der Waals surface area contributed by atoms with Gasteiger partial charge in [0.15, 0.2) is 0 Å². The lowest BCUT2D eigenvalue weighted by Crippen LogP contribution is -2.30. The van der Waals surface area contributed by atoms with Gasteiger partial charge in [0.25, 0.3) is 0 Å². The third-order valence-electron chi connectivity index (χ3n) is 4.03. The van der Waals surface area contributed by atoms with Crippen molar-refractivity contribution in [3.63, 3.8) is 0 Å². The number of hydrogen-bond acceptors (Lipinski definition) is 3. The first-order chi connectivity index (χ1) is 8.78. The summed E-state index contributed by atoms with van der Waals surface area (Å²) >= 11 is 0. The number of rotatable bonds is 5. The van der Waals surface area contributed by atoms with Gasteiger partial charge in [-0.3, -0.25) is 4.98 Å². The molecule has 1 heterocycles. The smallest absolute Gasteiger partial charge is 0.0543 e. The molecule has 0 saturated heterocycles. The van der Waals surface area contributed by atoms with Crippen molar-refractivity contribution in [2.75, 3.05) is 20.1 Å². The second-order valence-electron chi connectivity index (χ2n) is 5.64. The summed E-state index contributed by atoms with van der Waals surface area (Å²) in [7, 11) is 2.20. The second kappa shape index (κ2) is 6.86. The van der Waals surface area contributed by atoms with Crippen LogP contribution in [0.15, 0.2) is 24.4 Å². The highest BCUT2D eigenvalue weighted by molar-refractivity contribution is 5.03. The molecule has 0 aliphatic heterocycles. The molecule has 1 aromatic rings. The Hall–Kier alpha value is -0.930. The van der Waals surface area contributed by atoms with Crippen molar-refractivity contribution < 1.29 is 0 Å². The molecule has 2 rings (SSSR count). The van der Waals surface area contributed by atoms with E-state index in [1.165, 1.54) is 32.2 Å². The van der Waals surface area contributed by atoms with Gasteiger partial charge in [-0.1, -0.05) is 6.07 Å². The number of nitrogens with zero attached hydrogens (tertiary/aromatic N) is 2. The van der Waals surface area contributed by atoms with Crippen LogP contribution in [0.3, 0.4) is 0 Å². The Morgan fingerprint density at radius 2 is 1.94 bits per heavy atom. The minimum Gasteiger partial charge on any atom is -0.330 e. The monoisotopic (exact) mass is 247 g/mol. The fraction of sp³-hybridized carbons (Fsp3) is 0.667. The molecule has 2 N–H and O–H groups in total. The van der Waals surface area contributed by atoms with Gasteiger partial charge in [-0.2, -0.15) is 0 Å². The highest BCUT2D eigenvalue weighted by Crippen LogP contribution is 2.28. The molecule has 1 fully saturated rings. The highest BCUT2D eigenvalue weighted by atomic mass is 15.1. The Morgan fingerprint density at radius 1 is 1.22 bits per heavy atom. The lowest BCUT2D eigenvalue weighted by Gasteiger charge is -2.30. The van der Waals surface area contributed by atoms with Crippen LogP contribution in [0.4, 0.5) is 0 Å². The maximum Gasteiger partial charge on any atom is 0.0543 e. The predicted octanol–water partition coefficient (Wildman–Crippen LogP) is 2.28. The summed E-state index contributed by atoms with van der Waals surface area (Å²) in [6.07, 6.45) is 7.19. The first-order valence-electron chi connectivity index (χ1n) is 7.06. The van der Waals surface area contributed by atoms with Crippen LogP contribution in [0.5, 0.6) is 0 Å². The third kappa shape index (κ3) is 4.07. The van der Waals surface area contributed by atoms with E-state index < -0.39 is 0 Å². The van der Waals surface area contributed by atoms with Crippen LogP contribution >= 0.6 is 0 Å². The SMILES string of the molecule is CN(Cc1ccccn1)CC1CCC(CN)CC1. The molecule has 0 aromatic carbocycles. The van der Waals surface area contributed by atoms with E-state index in [0.717, 1.165) is 30.6 Å². The molecule has 0 amide bonds. The summed E-state index contributed by atoms with van der Waals surface area (Å²) in [5.74, 6) is 1.63. The number of pyridine rings is 1. The van der Waals surface area contributed by atoms with Crippen LogP contribution in [0.2, 0.25) is 0 Å². The zero-order valence-electron chi connectivity index (χ0n) is 11.4. The van der Waals surface area contributed by atoms with Crippen molar-refractivity contribution in [2.24, 2.45) is 17.6 Å². The Bertz CT molecular complexity index is 331. The van der Waals surface area contributed by atoms with Crippen LogP contribution in [0, 0.1) is 11.8 Å². The minimum absolute atomic E-state index is 0.780. The van der Waals surface area contributed by atoms with E-state index in [1.54, 1.807) is 0 Å².